The Labute approximate surface area is 150 Å². The van der Waals surface area contributed by atoms with Gasteiger partial charge in [0.25, 0.3) is 0 Å². The molecule has 1 aliphatic carbocycles. The molecule has 1 aromatic rings. The zero-order chi connectivity index (χ0) is 18.0. The van der Waals surface area contributed by atoms with Gasteiger partial charge in [-0.25, -0.2) is 0 Å². The van der Waals surface area contributed by atoms with Crippen LogP contribution in [0.15, 0.2) is 23.8 Å². The highest BCUT2D eigenvalue weighted by Crippen LogP contribution is 2.37. The molecule has 1 atom stereocenters. The van der Waals surface area contributed by atoms with Gasteiger partial charge in [-0.3, -0.25) is 9.59 Å². The average molecular weight is 340 g/mol. The summed E-state index contributed by atoms with van der Waals surface area (Å²) < 4.78 is 5.39. The predicted octanol–water partition coefficient (Wildman–Crippen LogP) is 4.23. The minimum atomic E-state index is -0.587. The summed E-state index contributed by atoms with van der Waals surface area (Å²) >= 11 is 0. The molecule has 0 N–H and O–H groups in total. The Balaban J connectivity index is 1.84. The Morgan fingerprint density at radius 3 is 2.56 bits per heavy atom. The third-order valence-corrected chi connectivity index (χ3v) is 5.59. The van der Waals surface area contributed by atoms with E-state index in [1.807, 2.05) is 13.0 Å². The number of ether oxygens (including phenoxy) is 1. The van der Waals surface area contributed by atoms with Gasteiger partial charge in [0.05, 0.1) is 0 Å². The molecular formula is C22H28O3. The number of rotatable bonds is 4. The molecule has 2 fully saturated rings. The topological polar surface area (TPSA) is 43.4 Å². The maximum Gasteiger partial charge on any atom is 0.173 e. The van der Waals surface area contributed by atoms with Crippen molar-refractivity contribution in [3.05, 3.63) is 46.0 Å². The largest absolute Gasteiger partial charge is 0.381 e. The number of ketones is 2. The van der Waals surface area contributed by atoms with Crippen LogP contribution in [0.4, 0.5) is 0 Å². The second-order valence-electron chi connectivity index (χ2n) is 7.47. The molecule has 25 heavy (non-hydrogen) atoms. The first-order valence-corrected chi connectivity index (χ1v) is 9.45. The molecule has 2 aliphatic rings. The van der Waals surface area contributed by atoms with Gasteiger partial charge in [0.15, 0.2) is 11.6 Å². The fourth-order valence-corrected chi connectivity index (χ4v) is 4.24. The summed E-state index contributed by atoms with van der Waals surface area (Å²) in [5.41, 5.74) is 5.07. The molecule has 1 saturated carbocycles. The van der Waals surface area contributed by atoms with Crippen LogP contribution in [0.2, 0.25) is 0 Å². The van der Waals surface area contributed by atoms with Gasteiger partial charge in [-0.05, 0) is 67.7 Å². The molecule has 0 bridgehead atoms. The zero-order valence-corrected chi connectivity index (χ0v) is 15.6. The highest BCUT2D eigenvalue weighted by atomic mass is 16.5. The van der Waals surface area contributed by atoms with Crippen molar-refractivity contribution in [1.82, 2.24) is 0 Å². The van der Waals surface area contributed by atoms with Gasteiger partial charge in [-0.2, -0.15) is 0 Å². The number of aryl methyl sites for hydroxylation is 3. The summed E-state index contributed by atoms with van der Waals surface area (Å²) in [5, 5.41) is 0. The van der Waals surface area contributed by atoms with Crippen molar-refractivity contribution in [2.24, 2.45) is 5.92 Å². The quantitative estimate of drug-likeness (QED) is 0.608. The molecule has 1 unspecified atom stereocenters. The van der Waals surface area contributed by atoms with E-state index in [0.717, 1.165) is 61.2 Å². The molecule has 3 rings (SSSR count). The Morgan fingerprint density at radius 1 is 1.16 bits per heavy atom. The van der Waals surface area contributed by atoms with Crippen molar-refractivity contribution >= 4 is 11.6 Å². The van der Waals surface area contributed by atoms with Crippen LogP contribution >= 0.6 is 0 Å². The van der Waals surface area contributed by atoms with Crippen molar-refractivity contribution in [2.75, 3.05) is 13.2 Å². The van der Waals surface area contributed by atoms with Gasteiger partial charge < -0.3 is 4.74 Å². The number of carbonyl (C=O) groups excluding carboxylic acids is 2. The number of hydrogen-bond acceptors (Lipinski definition) is 3. The van der Waals surface area contributed by atoms with Crippen molar-refractivity contribution in [1.29, 1.82) is 0 Å². The summed E-state index contributed by atoms with van der Waals surface area (Å²) in [6.45, 7) is 7.79. The van der Waals surface area contributed by atoms with Gasteiger partial charge in [-0.1, -0.05) is 30.7 Å². The second-order valence-corrected chi connectivity index (χ2v) is 7.47. The summed E-state index contributed by atoms with van der Waals surface area (Å²) in [7, 11) is 0. The third-order valence-electron chi connectivity index (χ3n) is 5.59. The third kappa shape index (κ3) is 3.77. The fraction of sp³-hybridized carbons (Fsp3) is 0.545. The zero-order valence-electron chi connectivity index (χ0n) is 15.6. The summed E-state index contributed by atoms with van der Waals surface area (Å²) in [6, 6.07) is 4.20. The Kier molecular flexibility index (Phi) is 5.53. The van der Waals surface area contributed by atoms with Crippen LogP contribution in [0.5, 0.6) is 0 Å². The Morgan fingerprint density at radius 2 is 1.88 bits per heavy atom. The van der Waals surface area contributed by atoms with E-state index in [4.69, 9.17) is 4.74 Å². The Bertz CT molecular complexity index is 708. The van der Waals surface area contributed by atoms with Crippen LogP contribution in [0, 0.1) is 19.8 Å². The first kappa shape index (κ1) is 18.1. The normalized spacial score (nSPS) is 23.6. The van der Waals surface area contributed by atoms with Crippen LogP contribution < -0.4 is 0 Å². The lowest BCUT2D eigenvalue weighted by molar-refractivity contribution is -0.123. The highest BCUT2D eigenvalue weighted by Gasteiger charge is 2.39. The smallest absolute Gasteiger partial charge is 0.173 e. The molecule has 0 aromatic heterocycles. The van der Waals surface area contributed by atoms with E-state index in [-0.39, 0.29) is 11.6 Å². The molecule has 1 aliphatic heterocycles. The minimum absolute atomic E-state index is 0.0266. The Hall–Kier alpha value is -1.74. The van der Waals surface area contributed by atoms with E-state index in [0.29, 0.717) is 12.3 Å². The summed E-state index contributed by atoms with van der Waals surface area (Å²) in [6.07, 6.45) is 6.15. The summed E-state index contributed by atoms with van der Waals surface area (Å²) in [5.74, 6) is 0.0793. The van der Waals surface area contributed by atoms with E-state index < -0.39 is 5.92 Å². The van der Waals surface area contributed by atoms with Crippen LogP contribution in [0.1, 0.15) is 60.8 Å². The maximum absolute atomic E-state index is 13.0. The first-order valence-electron chi connectivity index (χ1n) is 9.45. The van der Waals surface area contributed by atoms with Gasteiger partial charge >= 0.3 is 0 Å². The lowest BCUT2D eigenvalue weighted by Gasteiger charge is -2.20. The van der Waals surface area contributed by atoms with Gasteiger partial charge in [0.2, 0.25) is 0 Å². The predicted molar refractivity (Wildman–Crippen MR) is 98.9 cm³/mol. The van der Waals surface area contributed by atoms with Gasteiger partial charge in [-0.15, -0.1) is 0 Å². The molecule has 1 aromatic carbocycles. The molecular weight excluding hydrogens is 312 g/mol. The van der Waals surface area contributed by atoms with E-state index in [2.05, 4.69) is 26.0 Å². The second kappa shape index (κ2) is 7.65. The molecule has 1 heterocycles. The molecule has 0 radical (unpaired) electrons. The molecule has 3 heteroatoms. The number of benzene rings is 1. The highest BCUT2D eigenvalue weighted by molar-refractivity contribution is 6.23. The fourth-order valence-electron chi connectivity index (χ4n) is 4.24. The van der Waals surface area contributed by atoms with Gasteiger partial charge in [0.1, 0.15) is 5.92 Å². The monoisotopic (exact) mass is 340 g/mol. The van der Waals surface area contributed by atoms with E-state index in [1.165, 1.54) is 5.56 Å². The van der Waals surface area contributed by atoms with Crippen molar-refractivity contribution in [2.45, 2.75) is 58.8 Å². The molecule has 134 valence electrons. The standard InChI is InChI=1S/C22H28O3/c1-4-17-12-14(2)11-15(3)20(17)21-19(23)13-18(22(21)24)6-5-16-7-9-25-10-8-16/h6,11-12,16,21H,4-5,7-10,13H2,1-3H3. The van der Waals surface area contributed by atoms with Crippen LogP contribution in [-0.2, 0) is 20.7 Å². The van der Waals surface area contributed by atoms with Crippen molar-refractivity contribution in [3.63, 3.8) is 0 Å². The lowest BCUT2D eigenvalue weighted by Crippen LogP contribution is -2.17. The summed E-state index contributed by atoms with van der Waals surface area (Å²) in [4.78, 5) is 25.7. The minimum Gasteiger partial charge on any atom is -0.381 e. The number of hydrogen-bond donors (Lipinski definition) is 0. The van der Waals surface area contributed by atoms with Crippen molar-refractivity contribution in [3.8, 4) is 0 Å². The lowest BCUT2D eigenvalue weighted by atomic mass is 9.85. The van der Waals surface area contributed by atoms with E-state index >= 15 is 0 Å². The van der Waals surface area contributed by atoms with Crippen molar-refractivity contribution < 1.29 is 14.3 Å². The molecule has 0 spiro atoms. The first-order chi connectivity index (χ1) is 12.0. The van der Waals surface area contributed by atoms with E-state index in [9.17, 15) is 9.59 Å². The van der Waals surface area contributed by atoms with Crippen LogP contribution in [0.3, 0.4) is 0 Å². The van der Waals surface area contributed by atoms with E-state index in [1.54, 1.807) is 0 Å². The number of allylic oxidation sites excluding steroid dienone is 2. The average Bonchev–Trinajstić information content (AvgIpc) is 2.87. The number of Topliss-reactive ketones (excluding diaryl/α,β-unsaturated/α-hetero) is 2. The molecule has 3 nitrogen and oxygen atoms in total. The van der Waals surface area contributed by atoms with Crippen LogP contribution in [-0.4, -0.2) is 24.8 Å². The van der Waals surface area contributed by atoms with Gasteiger partial charge in [0, 0.05) is 19.6 Å². The van der Waals surface area contributed by atoms with Crippen LogP contribution in [0.25, 0.3) is 0 Å². The molecule has 1 saturated heterocycles. The maximum atomic E-state index is 13.0. The molecule has 0 amide bonds. The SMILES string of the molecule is CCc1cc(C)cc(C)c1C1C(=O)CC(=CCC2CCOCC2)C1=O. The number of carbonyl (C=O) groups is 2.